The van der Waals surface area contributed by atoms with Gasteiger partial charge in [0.1, 0.15) is 10.8 Å². The summed E-state index contributed by atoms with van der Waals surface area (Å²) in [6.45, 7) is 8.21. The Morgan fingerprint density at radius 1 is 1.18 bits per heavy atom. The van der Waals surface area contributed by atoms with E-state index in [1.54, 1.807) is 24.2 Å². The lowest BCUT2D eigenvalue weighted by Crippen LogP contribution is -2.11. The smallest absolute Gasteiger partial charge is 0.255 e. The van der Waals surface area contributed by atoms with E-state index < -0.39 is 0 Å². The molecule has 0 bridgehead atoms. The van der Waals surface area contributed by atoms with Gasteiger partial charge in [-0.15, -0.1) is 16.9 Å². The van der Waals surface area contributed by atoms with E-state index in [1.165, 1.54) is 5.56 Å². The molecule has 170 valence electrons. The Bertz CT molecular complexity index is 1290. The molecule has 3 aromatic heterocycles. The first kappa shape index (κ1) is 22.8. The Labute approximate surface area is 198 Å². The number of nitrogens with one attached hydrogen (secondary N) is 1. The number of thioether (sulfide) groups is 1. The van der Waals surface area contributed by atoms with Gasteiger partial charge in [-0.25, -0.2) is 4.98 Å². The highest BCUT2D eigenvalue weighted by molar-refractivity contribution is 7.98. The fourth-order valence-corrected chi connectivity index (χ4v) is 4.19. The lowest BCUT2D eigenvalue weighted by atomic mass is 10.1. The molecule has 0 radical (unpaired) electrons. The Morgan fingerprint density at radius 2 is 1.97 bits per heavy atom. The van der Waals surface area contributed by atoms with Crippen molar-refractivity contribution in [1.82, 2.24) is 24.6 Å². The molecule has 1 atom stereocenters. The van der Waals surface area contributed by atoms with Gasteiger partial charge in [0, 0.05) is 35.6 Å². The predicted molar refractivity (Wildman–Crippen MR) is 134 cm³/mol. The van der Waals surface area contributed by atoms with Crippen molar-refractivity contribution < 1.29 is 4.74 Å². The Morgan fingerprint density at radius 3 is 2.70 bits per heavy atom. The molecule has 0 spiro atoms. The van der Waals surface area contributed by atoms with Gasteiger partial charge in [-0.05, 0) is 52.1 Å². The van der Waals surface area contributed by atoms with E-state index in [4.69, 9.17) is 14.8 Å². The van der Waals surface area contributed by atoms with Gasteiger partial charge in [0.05, 0.1) is 11.8 Å². The van der Waals surface area contributed by atoms with Crippen LogP contribution in [0.25, 0.3) is 17.0 Å². The van der Waals surface area contributed by atoms with Gasteiger partial charge in [0.25, 0.3) is 5.78 Å². The molecule has 3 heterocycles. The number of rotatable bonds is 8. The number of hydrogen-bond acceptors (Lipinski definition) is 7. The largest absolute Gasteiger partial charge is 0.490 e. The zero-order valence-corrected chi connectivity index (χ0v) is 20.3. The summed E-state index contributed by atoms with van der Waals surface area (Å²) in [6, 6.07) is 12.1. The molecule has 0 aliphatic heterocycles. The van der Waals surface area contributed by atoms with E-state index >= 15 is 0 Å². The van der Waals surface area contributed by atoms with Gasteiger partial charge < -0.3 is 10.1 Å². The van der Waals surface area contributed by atoms with E-state index in [0.717, 1.165) is 39.7 Å². The van der Waals surface area contributed by atoms with Gasteiger partial charge in [-0.3, -0.25) is 4.98 Å². The number of aromatic nitrogens is 5. The van der Waals surface area contributed by atoms with Crippen molar-refractivity contribution in [2.75, 3.05) is 11.6 Å². The summed E-state index contributed by atoms with van der Waals surface area (Å²) in [5.41, 5.74) is 5.35. The van der Waals surface area contributed by atoms with E-state index in [9.17, 15) is 0 Å². The van der Waals surface area contributed by atoms with Crippen molar-refractivity contribution in [3.8, 4) is 17.0 Å². The van der Waals surface area contributed by atoms with Crippen molar-refractivity contribution in [3.63, 3.8) is 0 Å². The van der Waals surface area contributed by atoms with E-state index in [0.29, 0.717) is 11.7 Å². The molecular weight excluding hydrogens is 432 g/mol. The van der Waals surface area contributed by atoms with Crippen LogP contribution in [-0.2, 0) is 0 Å². The molecule has 0 saturated heterocycles. The minimum Gasteiger partial charge on any atom is -0.490 e. The van der Waals surface area contributed by atoms with Crippen molar-refractivity contribution >= 4 is 23.5 Å². The SMILES string of the molecule is CSc1nc2nc(N/C(C)=C/CC(C)Oc3ccncc3)nn2c(-c2cccc(C)c2)c1C. The van der Waals surface area contributed by atoms with Crippen LogP contribution < -0.4 is 10.1 Å². The van der Waals surface area contributed by atoms with Gasteiger partial charge in [-0.1, -0.05) is 29.8 Å². The summed E-state index contributed by atoms with van der Waals surface area (Å²) in [4.78, 5) is 13.4. The highest BCUT2D eigenvalue weighted by Gasteiger charge is 2.17. The van der Waals surface area contributed by atoms with Crippen LogP contribution in [0, 0.1) is 13.8 Å². The topological polar surface area (TPSA) is 77.2 Å². The maximum Gasteiger partial charge on any atom is 0.255 e. The molecule has 1 unspecified atom stereocenters. The molecule has 4 rings (SSSR count). The second kappa shape index (κ2) is 10.0. The summed E-state index contributed by atoms with van der Waals surface area (Å²) in [6.07, 6.45) is 8.34. The van der Waals surface area contributed by atoms with E-state index in [1.807, 2.05) is 36.8 Å². The third-order valence-electron chi connectivity index (χ3n) is 5.22. The fourth-order valence-electron chi connectivity index (χ4n) is 3.61. The summed E-state index contributed by atoms with van der Waals surface area (Å²) in [7, 11) is 0. The summed E-state index contributed by atoms with van der Waals surface area (Å²) >= 11 is 1.62. The Balaban J connectivity index is 1.57. The molecule has 1 aromatic carbocycles. The molecule has 1 N–H and O–H groups in total. The third-order valence-corrected chi connectivity index (χ3v) is 6.00. The number of benzene rings is 1. The predicted octanol–water partition coefficient (Wildman–Crippen LogP) is 5.70. The number of aryl methyl sites for hydroxylation is 1. The van der Waals surface area contributed by atoms with Crippen LogP contribution >= 0.6 is 11.8 Å². The lowest BCUT2D eigenvalue weighted by molar-refractivity contribution is 0.225. The van der Waals surface area contributed by atoms with E-state index in [2.05, 4.69) is 59.5 Å². The first-order valence-electron chi connectivity index (χ1n) is 10.8. The van der Waals surface area contributed by atoms with Crippen molar-refractivity contribution in [1.29, 1.82) is 0 Å². The Hall–Kier alpha value is -3.39. The number of hydrogen-bond donors (Lipinski definition) is 1. The van der Waals surface area contributed by atoms with Crippen LogP contribution in [0.4, 0.5) is 5.95 Å². The summed E-state index contributed by atoms with van der Waals surface area (Å²) in [5.74, 6) is 1.91. The van der Waals surface area contributed by atoms with Gasteiger partial charge >= 0.3 is 0 Å². The maximum absolute atomic E-state index is 5.92. The average Bonchev–Trinajstić information content (AvgIpc) is 3.19. The molecule has 8 heteroatoms. The highest BCUT2D eigenvalue weighted by atomic mass is 32.2. The van der Waals surface area contributed by atoms with Crippen molar-refractivity contribution in [2.45, 2.75) is 45.2 Å². The second-order valence-corrected chi connectivity index (χ2v) is 8.77. The van der Waals surface area contributed by atoms with Crippen LogP contribution in [0.3, 0.4) is 0 Å². The molecule has 7 nitrogen and oxygen atoms in total. The van der Waals surface area contributed by atoms with Crippen LogP contribution in [0.2, 0.25) is 0 Å². The number of nitrogens with zero attached hydrogens (tertiary/aromatic N) is 5. The number of allylic oxidation sites excluding steroid dienone is 1. The molecule has 0 fully saturated rings. The molecular formula is C25H28N6OS. The number of ether oxygens (including phenoxy) is 1. The fraction of sp³-hybridized carbons (Fsp3) is 0.280. The van der Waals surface area contributed by atoms with Crippen LogP contribution in [0.15, 0.2) is 65.6 Å². The van der Waals surface area contributed by atoms with Gasteiger partial charge in [0.15, 0.2) is 0 Å². The minimum atomic E-state index is 0.0274. The standard InChI is InChI=1S/C25H28N6OS/c1-16-7-6-8-20(15-16)22-19(4)23(33-5)28-25-29-24(30-31(22)25)27-17(2)9-10-18(3)32-21-11-13-26-14-12-21/h6-9,11-15,18H,10H2,1-5H3,(H,27,30)/b17-9+. The number of fused-ring (bicyclic) bond motifs is 1. The third kappa shape index (κ3) is 5.34. The Kier molecular flexibility index (Phi) is 6.93. The second-order valence-electron chi connectivity index (χ2n) is 7.97. The van der Waals surface area contributed by atoms with Crippen LogP contribution in [0.1, 0.15) is 31.4 Å². The van der Waals surface area contributed by atoms with Crippen LogP contribution in [-0.4, -0.2) is 36.9 Å². The maximum atomic E-state index is 5.92. The molecule has 4 aromatic rings. The van der Waals surface area contributed by atoms with E-state index in [-0.39, 0.29) is 6.10 Å². The van der Waals surface area contributed by atoms with Crippen LogP contribution in [0.5, 0.6) is 5.75 Å². The summed E-state index contributed by atoms with van der Waals surface area (Å²) in [5, 5.41) is 8.99. The number of pyridine rings is 1. The normalized spacial score (nSPS) is 12.7. The van der Waals surface area contributed by atoms with Crippen molar-refractivity contribution in [3.05, 3.63) is 71.7 Å². The molecule has 0 amide bonds. The van der Waals surface area contributed by atoms with Crippen molar-refractivity contribution in [2.24, 2.45) is 0 Å². The van der Waals surface area contributed by atoms with Gasteiger partial charge in [0.2, 0.25) is 5.95 Å². The monoisotopic (exact) mass is 460 g/mol. The quantitative estimate of drug-likeness (QED) is 0.267. The summed E-state index contributed by atoms with van der Waals surface area (Å²) < 4.78 is 7.74. The molecule has 0 saturated carbocycles. The molecule has 33 heavy (non-hydrogen) atoms. The average molecular weight is 461 g/mol. The zero-order valence-electron chi connectivity index (χ0n) is 19.5. The zero-order chi connectivity index (χ0) is 23.4. The highest BCUT2D eigenvalue weighted by Crippen LogP contribution is 2.30. The molecule has 0 aliphatic rings. The van der Waals surface area contributed by atoms with Gasteiger partial charge in [-0.2, -0.15) is 9.50 Å². The first-order chi connectivity index (χ1) is 15.9. The first-order valence-corrected chi connectivity index (χ1v) is 12.1. The lowest BCUT2D eigenvalue weighted by Gasteiger charge is -2.13. The molecule has 0 aliphatic carbocycles. The number of anilines is 1. The minimum absolute atomic E-state index is 0.0274.